The summed E-state index contributed by atoms with van der Waals surface area (Å²) < 4.78 is 8.08. The molecule has 0 bridgehead atoms. The van der Waals surface area contributed by atoms with Crippen molar-refractivity contribution in [2.45, 2.75) is 6.92 Å². The topological polar surface area (TPSA) is 42.1 Å². The molecule has 1 aliphatic heterocycles. The van der Waals surface area contributed by atoms with Crippen LogP contribution in [0.15, 0.2) is 34.1 Å². The summed E-state index contributed by atoms with van der Waals surface area (Å²) in [4.78, 5) is 15.1. The molecule has 23 heavy (non-hydrogen) atoms. The maximum Gasteiger partial charge on any atom is 0.347 e. The van der Waals surface area contributed by atoms with E-state index in [-0.39, 0.29) is 0 Å². The smallest absolute Gasteiger partial charge is 0.347 e. The first-order chi connectivity index (χ1) is 11.0. The Bertz CT molecular complexity index is 1060. The number of carbonyl (C=O) groups excluding carboxylic acids is 1. The number of benzene rings is 1. The Labute approximate surface area is 149 Å². The number of H-pyrrole nitrogens is 1. The minimum absolute atomic E-state index is 0.395. The minimum atomic E-state index is -0.395. The van der Waals surface area contributed by atoms with Crippen molar-refractivity contribution >= 4 is 67.4 Å². The van der Waals surface area contributed by atoms with Crippen molar-refractivity contribution in [1.29, 1.82) is 0 Å². The molecule has 3 nitrogen and oxygen atoms in total. The second-order valence-electron chi connectivity index (χ2n) is 5.30. The van der Waals surface area contributed by atoms with Gasteiger partial charge in [-0.1, -0.05) is 28.1 Å². The number of halogens is 1. The van der Waals surface area contributed by atoms with Crippen LogP contribution in [0.1, 0.15) is 27.2 Å². The van der Waals surface area contributed by atoms with Gasteiger partial charge in [0, 0.05) is 25.8 Å². The number of hydrogen-bond acceptors (Lipinski definition) is 4. The fraction of sp³-hybridized carbons (Fsp3) is 0.0588. The predicted octanol–water partition coefficient (Wildman–Crippen LogP) is 5.70. The lowest BCUT2D eigenvalue weighted by molar-refractivity contribution is 0.0716. The molecular formula is C17H10BrNO2S2. The van der Waals surface area contributed by atoms with Crippen LogP contribution in [-0.2, 0) is 4.74 Å². The summed E-state index contributed by atoms with van der Waals surface area (Å²) in [5.74, 6) is 0.154. The van der Waals surface area contributed by atoms with Crippen LogP contribution in [0.4, 0.5) is 0 Å². The quantitative estimate of drug-likeness (QED) is 0.418. The van der Waals surface area contributed by atoms with Crippen LogP contribution in [0, 0.1) is 11.6 Å². The van der Waals surface area contributed by atoms with Crippen molar-refractivity contribution in [2.24, 2.45) is 0 Å². The van der Waals surface area contributed by atoms with Crippen LogP contribution >= 0.6 is 39.5 Å². The van der Waals surface area contributed by atoms with E-state index in [2.05, 4.69) is 38.4 Å². The highest BCUT2D eigenvalue weighted by molar-refractivity contribution is 9.10. The highest BCUT2D eigenvalue weighted by atomic mass is 79.9. The van der Waals surface area contributed by atoms with Gasteiger partial charge in [0.15, 0.2) is 0 Å². The Hall–Kier alpha value is -1.76. The van der Waals surface area contributed by atoms with Gasteiger partial charge in [-0.05, 0) is 48.2 Å². The Kier molecular flexibility index (Phi) is 3.48. The van der Waals surface area contributed by atoms with Gasteiger partial charge in [0.1, 0.15) is 16.0 Å². The summed E-state index contributed by atoms with van der Waals surface area (Å²) in [5, 5.41) is 3.19. The molecule has 0 radical (unpaired) electrons. The van der Waals surface area contributed by atoms with E-state index >= 15 is 0 Å². The summed E-state index contributed by atoms with van der Waals surface area (Å²) in [6.07, 6.45) is 1.91. The molecule has 0 saturated heterocycles. The second kappa shape index (κ2) is 5.40. The van der Waals surface area contributed by atoms with Crippen LogP contribution < -0.4 is 0 Å². The van der Waals surface area contributed by atoms with Gasteiger partial charge in [-0.3, -0.25) is 0 Å². The molecule has 4 rings (SSSR count). The fourth-order valence-electron chi connectivity index (χ4n) is 2.67. The van der Waals surface area contributed by atoms with Crippen molar-refractivity contribution in [3.8, 4) is 0 Å². The van der Waals surface area contributed by atoms with E-state index in [0.717, 1.165) is 26.7 Å². The number of aryl methyl sites for hydroxylation is 1. The normalized spacial score (nSPS) is 15.2. The molecule has 1 N–H and O–H groups in total. The van der Waals surface area contributed by atoms with Gasteiger partial charge in [-0.15, -0.1) is 11.3 Å². The summed E-state index contributed by atoms with van der Waals surface area (Å²) in [7, 11) is 0. The van der Waals surface area contributed by atoms with Gasteiger partial charge in [0.05, 0.1) is 0 Å². The maximum atomic E-state index is 12.1. The Morgan fingerprint density at radius 3 is 3.00 bits per heavy atom. The summed E-state index contributed by atoms with van der Waals surface area (Å²) >= 11 is 10.4. The van der Waals surface area contributed by atoms with Gasteiger partial charge in [-0.2, -0.15) is 0 Å². The zero-order chi connectivity index (χ0) is 16.1. The monoisotopic (exact) mass is 403 g/mol. The number of nitrogens with one attached hydrogen (secondary N) is 1. The number of thiophene rings is 1. The van der Waals surface area contributed by atoms with Crippen molar-refractivity contribution in [2.75, 3.05) is 0 Å². The number of aromatic amines is 1. The Morgan fingerprint density at radius 2 is 2.17 bits per heavy atom. The van der Waals surface area contributed by atoms with Crippen LogP contribution in [-0.4, -0.2) is 11.0 Å². The molecule has 0 aliphatic carbocycles. The zero-order valence-corrected chi connectivity index (χ0v) is 15.2. The van der Waals surface area contributed by atoms with Gasteiger partial charge in [-0.25, -0.2) is 4.79 Å². The molecule has 2 aromatic heterocycles. The average Bonchev–Trinajstić information content (AvgIpc) is 3.01. The van der Waals surface area contributed by atoms with E-state index in [1.807, 2.05) is 25.1 Å². The first-order valence-corrected chi connectivity index (χ1v) is 8.96. The van der Waals surface area contributed by atoms with Gasteiger partial charge in [0.25, 0.3) is 0 Å². The molecule has 0 fully saturated rings. The number of pyridine rings is 1. The van der Waals surface area contributed by atoms with Crippen molar-refractivity contribution in [1.82, 2.24) is 4.98 Å². The largest absolute Gasteiger partial charge is 0.422 e. The highest BCUT2D eigenvalue weighted by Crippen LogP contribution is 2.35. The molecule has 6 heteroatoms. The first-order valence-electron chi connectivity index (χ1n) is 6.88. The molecule has 3 aromatic rings. The third-order valence-corrected chi connectivity index (χ3v) is 5.47. The third kappa shape index (κ3) is 2.47. The molecule has 0 saturated carbocycles. The summed E-state index contributed by atoms with van der Waals surface area (Å²) in [5.41, 5.74) is 3.12. The fourth-order valence-corrected chi connectivity index (χ4v) is 4.29. The van der Waals surface area contributed by atoms with E-state index in [4.69, 9.17) is 17.0 Å². The molecular weight excluding hydrogens is 394 g/mol. The summed E-state index contributed by atoms with van der Waals surface area (Å²) in [6, 6.07) is 8.05. The van der Waals surface area contributed by atoms with Gasteiger partial charge in [0.2, 0.25) is 0 Å². The number of fused-ring (bicyclic) bond motifs is 2. The first kappa shape index (κ1) is 14.8. The number of cyclic esters (lactones) is 1. The lowest BCUT2D eigenvalue weighted by atomic mass is 10.1. The average molecular weight is 404 g/mol. The van der Waals surface area contributed by atoms with E-state index in [0.29, 0.717) is 16.0 Å². The number of aromatic nitrogens is 1. The Morgan fingerprint density at radius 1 is 1.35 bits per heavy atom. The minimum Gasteiger partial charge on any atom is -0.422 e. The number of ether oxygens (including phenoxy) is 1. The van der Waals surface area contributed by atoms with E-state index in [1.54, 1.807) is 11.3 Å². The van der Waals surface area contributed by atoms with Crippen LogP contribution in [0.25, 0.3) is 21.9 Å². The van der Waals surface area contributed by atoms with E-state index in [9.17, 15) is 4.79 Å². The van der Waals surface area contributed by atoms with Gasteiger partial charge < -0.3 is 9.72 Å². The standard InChI is InChI=1S/C17H10BrNO2S2/c1-8-4-12-13(21-17(20)15(12)16(22)19-8)5-9-7-23-14-3-2-10(18)6-11(9)14/h2-7H,1H3,(H,19,22)/b13-5-. The van der Waals surface area contributed by atoms with Gasteiger partial charge >= 0.3 is 5.97 Å². The molecule has 1 aliphatic rings. The number of rotatable bonds is 1. The van der Waals surface area contributed by atoms with Crippen LogP contribution in [0.5, 0.6) is 0 Å². The number of hydrogen-bond donors (Lipinski definition) is 1. The molecule has 0 unspecified atom stereocenters. The van der Waals surface area contributed by atoms with E-state index in [1.165, 1.54) is 4.70 Å². The molecule has 1 aromatic carbocycles. The lowest BCUT2D eigenvalue weighted by Gasteiger charge is -2.00. The number of carbonyl (C=O) groups is 1. The Balaban J connectivity index is 1.92. The van der Waals surface area contributed by atoms with E-state index < -0.39 is 5.97 Å². The van der Waals surface area contributed by atoms with Crippen LogP contribution in [0.2, 0.25) is 0 Å². The molecule has 0 amide bonds. The number of esters is 1. The van der Waals surface area contributed by atoms with Crippen molar-refractivity contribution in [3.63, 3.8) is 0 Å². The van der Waals surface area contributed by atoms with Crippen molar-refractivity contribution in [3.05, 3.63) is 61.1 Å². The second-order valence-corrected chi connectivity index (χ2v) is 7.53. The third-order valence-electron chi connectivity index (χ3n) is 3.69. The molecule has 114 valence electrons. The molecule has 0 spiro atoms. The predicted molar refractivity (Wildman–Crippen MR) is 99.2 cm³/mol. The van der Waals surface area contributed by atoms with Crippen LogP contribution in [0.3, 0.4) is 0 Å². The summed E-state index contributed by atoms with van der Waals surface area (Å²) in [6.45, 7) is 1.91. The SMILES string of the molecule is Cc1cc2c(c(=S)[nH]1)C(=O)O/C2=C\c1csc2ccc(Br)cc12. The molecule has 0 atom stereocenters. The zero-order valence-electron chi connectivity index (χ0n) is 12.0. The molecule has 3 heterocycles. The highest BCUT2D eigenvalue weighted by Gasteiger charge is 2.28. The maximum absolute atomic E-state index is 12.1. The van der Waals surface area contributed by atoms with Crippen molar-refractivity contribution < 1.29 is 9.53 Å². The lowest BCUT2D eigenvalue weighted by Crippen LogP contribution is -1.97.